The first-order chi connectivity index (χ1) is 12.6. The molecule has 1 fully saturated rings. The lowest BCUT2D eigenvalue weighted by Gasteiger charge is -2.31. The fourth-order valence-electron chi connectivity index (χ4n) is 3.40. The molecule has 26 heavy (non-hydrogen) atoms. The SMILES string of the molecule is CCCCC(CC)CNC(=O)N1CCC(C(=O)Nc2ccccc2)CC1. The van der Waals surface area contributed by atoms with E-state index in [1.807, 2.05) is 35.2 Å². The van der Waals surface area contributed by atoms with Gasteiger partial charge in [0.1, 0.15) is 0 Å². The molecule has 3 amide bonds. The highest BCUT2D eigenvalue weighted by Crippen LogP contribution is 2.20. The Morgan fingerprint density at radius 1 is 1.15 bits per heavy atom. The quantitative estimate of drug-likeness (QED) is 0.728. The largest absolute Gasteiger partial charge is 0.338 e. The zero-order valence-electron chi connectivity index (χ0n) is 16.2. The lowest BCUT2D eigenvalue weighted by Crippen LogP contribution is -2.47. The van der Waals surface area contributed by atoms with Crippen molar-refractivity contribution in [3.63, 3.8) is 0 Å². The van der Waals surface area contributed by atoms with Gasteiger partial charge in [-0.3, -0.25) is 4.79 Å². The average molecular weight is 360 g/mol. The smallest absolute Gasteiger partial charge is 0.317 e. The van der Waals surface area contributed by atoms with Crippen LogP contribution in [-0.4, -0.2) is 36.5 Å². The average Bonchev–Trinajstić information content (AvgIpc) is 2.69. The van der Waals surface area contributed by atoms with Crippen LogP contribution in [0.5, 0.6) is 0 Å². The number of nitrogens with zero attached hydrogens (tertiary/aromatic N) is 1. The summed E-state index contributed by atoms with van der Waals surface area (Å²) < 4.78 is 0. The van der Waals surface area contributed by atoms with Gasteiger partial charge in [0.05, 0.1) is 0 Å². The second-order valence-electron chi connectivity index (χ2n) is 7.22. The molecule has 5 nitrogen and oxygen atoms in total. The van der Waals surface area contributed by atoms with Gasteiger partial charge in [-0.2, -0.15) is 0 Å². The first-order valence-corrected chi connectivity index (χ1v) is 10.0. The summed E-state index contributed by atoms with van der Waals surface area (Å²) in [6.45, 7) is 6.42. The maximum Gasteiger partial charge on any atom is 0.317 e. The Hall–Kier alpha value is -2.04. The maximum atomic E-state index is 12.4. The highest BCUT2D eigenvalue weighted by atomic mass is 16.2. The third-order valence-corrected chi connectivity index (χ3v) is 5.28. The van der Waals surface area contributed by atoms with Gasteiger partial charge in [0.25, 0.3) is 0 Å². The molecule has 144 valence electrons. The third kappa shape index (κ3) is 6.36. The zero-order valence-corrected chi connectivity index (χ0v) is 16.2. The fourth-order valence-corrected chi connectivity index (χ4v) is 3.40. The second-order valence-corrected chi connectivity index (χ2v) is 7.22. The summed E-state index contributed by atoms with van der Waals surface area (Å²) in [5.41, 5.74) is 0.829. The van der Waals surface area contributed by atoms with Crippen LogP contribution in [0.25, 0.3) is 0 Å². The molecule has 1 aromatic rings. The molecule has 1 atom stereocenters. The van der Waals surface area contributed by atoms with Gasteiger partial charge >= 0.3 is 6.03 Å². The van der Waals surface area contributed by atoms with Gasteiger partial charge in [0.15, 0.2) is 0 Å². The summed E-state index contributed by atoms with van der Waals surface area (Å²) in [4.78, 5) is 26.6. The molecule has 0 spiro atoms. The number of anilines is 1. The lowest BCUT2D eigenvalue weighted by atomic mass is 9.96. The number of benzene rings is 1. The van der Waals surface area contributed by atoms with E-state index in [2.05, 4.69) is 24.5 Å². The van der Waals surface area contributed by atoms with E-state index in [1.54, 1.807) is 0 Å². The number of amides is 3. The molecule has 5 heteroatoms. The van der Waals surface area contributed by atoms with Crippen LogP contribution >= 0.6 is 0 Å². The van der Waals surface area contributed by atoms with Crippen LogP contribution in [-0.2, 0) is 4.79 Å². The van der Waals surface area contributed by atoms with Crippen LogP contribution in [0.4, 0.5) is 10.5 Å². The van der Waals surface area contributed by atoms with E-state index in [4.69, 9.17) is 0 Å². The summed E-state index contributed by atoms with van der Waals surface area (Å²) in [6, 6.07) is 9.55. The summed E-state index contributed by atoms with van der Waals surface area (Å²) in [7, 11) is 0. The van der Waals surface area contributed by atoms with Gasteiger partial charge in [-0.05, 0) is 37.3 Å². The van der Waals surface area contributed by atoms with Gasteiger partial charge in [-0.25, -0.2) is 4.79 Å². The Balaban J connectivity index is 1.71. The maximum absolute atomic E-state index is 12.4. The number of unbranched alkanes of at least 4 members (excludes halogenated alkanes) is 1. The number of rotatable bonds is 8. The summed E-state index contributed by atoms with van der Waals surface area (Å²) in [5.74, 6) is 0.599. The van der Waals surface area contributed by atoms with Crippen molar-refractivity contribution >= 4 is 17.6 Å². The minimum atomic E-state index is -0.0211. The molecule has 0 radical (unpaired) electrons. The molecule has 1 aliphatic heterocycles. The van der Waals surface area contributed by atoms with E-state index >= 15 is 0 Å². The van der Waals surface area contributed by atoms with Crippen LogP contribution in [0.1, 0.15) is 52.4 Å². The molecule has 2 rings (SSSR count). The van der Waals surface area contributed by atoms with Gasteiger partial charge in [0, 0.05) is 31.2 Å². The minimum Gasteiger partial charge on any atom is -0.338 e. The molecule has 0 bridgehead atoms. The number of nitrogens with one attached hydrogen (secondary N) is 2. The highest BCUT2D eigenvalue weighted by molar-refractivity contribution is 5.92. The Labute approximate surface area is 157 Å². The Morgan fingerprint density at radius 3 is 2.46 bits per heavy atom. The molecule has 1 aliphatic rings. The minimum absolute atomic E-state index is 0.0156. The molecule has 1 heterocycles. The lowest BCUT2D eigenvalue weighted by molar-refractivity contribution is -0.121. The van der Waals surface area contributed by atoms with Crippen LogP contribution in [0.2, 0.25) is 0 Å². The molecule has 0 saturated carbocycles. The Kier molecular flexibility index (Phi) is 8.45. The van der Waals surface area contributed by atoms with Crippen LogP contribution < -0.4 is 10.6 Å². The molecule has 2 N–H and O–H groups in total. The van der Waals surface area contributed by atoms with Gasteiger partial charge in [0.2, 0.25) is 5.91 Å². The van der Waals surface area contributed by atoms with Gasteiger partial charge in [-0.1, -0.05) is 51.3 Å². The monoisotopic (exact) mass is 359 g/mol. The second kappa shape index (κ2) is 10.8. The van der Waals surface area contributed by atoms with Crippen molar-refractivity contribution in [1.82, 2.24) is 10.2 Å². The van der Waals surface area contributed by atoms with Crippen LogP contribution in [0, 0.1) is 11.8 Å². The first kappa shape index (κ1) is 20.3. The van der Waals surface area contributed by atoms with Crippen molar-refractivity contribution in [1.29, 1.82) is 0 Å². The predicted molar refractivity (Wildman–Crippen MR) is 106 cm³/mol. The normalized spacial score (nSPS) is 16.2. The number of para-hydroxylation sites is 1. The van der Waals surface area contributed by atoms with Gasteiger partial charge < -0.3 is 15.5 Å². The number of hydrogen-bond donors (Lipinski definition) is 2. The number of hydrogen-bond acceptors (Lipinski definition) is 2. The number of carbonyl (C=O) groups excluding carboxylic acids is 2. The number of piperidine rings is 1. The highest BCUT2D eigenvalue weighted by Gasteiger charge is 2.27. The standard InChI is InChI=1S/C21H33N3O2/c1-3-5-9-17(4-2)16-22-21(26)24-14-12-18(13-15-24)20(25)23-19-10-7-6-8-11-19/h6-8,10-11,17-18H,3-5,9,12-16H2,1-2H3,(H,22,26)(H,23,25). The van der Waals surface area contributed by atoms with E-state index in [-0.39, 0.29) is 17.9 Å². The topological polar surface area (TPSA) is 61.4 Å². The Bertz CT molecular complexity index is 554. The Morgan fingerprint density at radius 2 is 1.85 bits per heavy atom. The molecular formula is C21H33N3O2. The molecule has 1 aromatic carbocycles. The van der Waals surface area contributed by atoms with E-state index in [0.29, 0.717) is 19.0 Å². The molecule has 1 saturated heterocycles. The summed E-state index contributed by atoms with van der Waals surface area (Å²) >= 11 is 0. The van der Waals surface area contributed by atoms with E-state index in [1.165, 1.54) is 19.3 Å². The number of urea groups is 1. The van der Waals surface area contributed by atoms with E-state index in [0.717, 1.165) is 31.5 Å². The molecule has 0 aliphatic carbocycles. The van der Waals surface area contributed by atoms with Crippen molar-refractivity contribution in [3.05, 3.63) is 30.3 Å². The van der Waals surface area contributed by atoms with Crippen molar-refractivity contribution in [3.8, 4) is 0 Å². The first-order valence-electron chi connectivity index (χ1n) is 10.0. The van der Waals surface area contributed by atoms with Crippen molar-refractivity contribution in [2.45, 2.75) is 52.4 Å². The van der Waals surface area contributed by atoms with Crippen LogP contribution in [0.15, 0.2) is 30.3 Å². The third-order valence-electron chi connectivity index (χ3n) is 5.28. The van der Waals surface area contributed by atoms with Crippen molar-refractivity contribution < 1.29 is 9.59 Å². The van der Waals surface area contributed by atoms with E-state index in [9.17, 15) is 9.59 Å². The van der Waals surface area contributed by atoms with E-state index < -0.39 is 0 Å². The van der Waals surface area contributed by atoms with Crippen LogP contribution in [0.3, 0.4) is 0 Å². The number of likely N-dealkylation sites (tertiary alicyclic amines) is 1. The zero-order chi connectivity index (χ0) is 18.8. The van der Waals surface area contributed by atoms with Crippen molar-refractivity contribution in [2.75, 3.05) is 25.0 Å². The number of carbonyl (C=O) groups is 2. The van der Waals surface area contributed by atoms with Gasteiger partial charge in [-0.15, -0.1) is 0 Å². The molecular weight excluding hydrogens is 326 g/mol. The fraction of sp³-hybridized carbons (Fsp3) is 0.619. The molecule has 1 unspecified atom stereocenters. The predicted octanol–water partition coefficient (Wildman–Crippen LogP) is 4.26. The summed E-state index contributed by atoms with van der Waals surface area (Å²) in [6.07, 6.45) is 6.13. The van der Waals surface area contributed by atoms with Crippen molar-refractivity contribution in [2.24, 2.45) is 11.8 Å². The molecule has 0 aromatic heterocycles. The summed E-state index contributed by atoms with van der Waals surface area (Å²) in [5, 5.41) is 6.05.